The molecule has 1 aromatic heterocycles. The number of benzene rings is 1. The van der Waals surface area contributed by atoms with Gasteiger partial charge in [0.1, 0.15) is 5.00 Å². The Bertz CT molecular complexity index is 923. The molecule has 0 saturated heterocycles. The van der Waals surface area contributed by atoms with E-state index in [1.54, 1.807) is 13.0 Å². The Morgan fingerprint density at radius 3 is 2.72 bits per heavy atom. The molecule has 1 aliphatic carbocycles. The molecule has 2 N–H and O–H groups in total. The van der Waals surface area contributed by atoms with Crippen molar-refractivity contribution in [2.24, 2.45) is 0 Å². The van der Waals surface area contributed by atoms with Gasteiger partial charge in [-0.1, -0.05) is 6.07 Å². The summed E-state index contributed by atoms with van der Waals surface area (Å²) in [6, 6.07) is 7.34. The van der Waals surface area contributed by atoms with Gasteiger partial charge in [0.05, 0.1) is 17.9 Å². The zero-order chi connectivity index (χ0) is 20.8. The molecular weight excluding hydrogens is 408 g/mol. The van der Waals surface area contributed by atoms with Crippen LogP contribution in [-0.4, -0.2) is 30.1 Å². The number of anilines is 2. The van der Waals surface area contributed by atoms with Gasteiger partial charge in [0, 0.05) is 22.4 Å². The molecule has 6 nitrogen and oxygen atoms in total. The molecule has 0 unspecified atom stereocenters. The number of carbonyl (C=O) groups excluding carboxylic acids is 3. The second kappa shape index (κ2) is 9.93. The van der Waals surface area contributed by atoms with Crippen molar-refractivity contribution in [2.75, 3.05) is 23.0 Å². The van der Waals surface area contributed by atoms with Crippen molar-refractivity contribution in [3.63, 3.8) is 0 Å². The first-order valence-corrected chi connectivity index (χ1v) is 11.4. The van der Waals surface area contributed by atoms with Gasteiger partial charge in [-0.25, -0.2) is 4.79 Å². The lowest BCUT2D eigenvalue weighted by molar-refractivity contribution is -0.114. The van der Waals surface area contributed by atoms with Gasteiger partial charge in [-0.3, -0.25) is 9.59 Å². The summed E-state index contributed by atoms with van der Waals surface area (Å²) >= 11 is 2.86. The van der Waals surface area contributed by atoms with Crippen LogP contribution in [0.1, 0.15) is 47.5 Å². The monoisotopic (exact) mass is 432 g/mol. The highest BCUT2D eigenvalue weighted by molar-refractivity contribution is 8.00. The van der Waals surface area contributed by atoms with E-state index in [2.05, 4.69) is 10.6 Å². The molecule has 1 aliphatic rings. The van der Waals surface area contributed by atoms with Gasteiger partial charge in [0.15, 0.2) is 0 Å². The molecule has 154 valence electrons. The number of hydrogen-bond donors (Lipinski definition) is 2. The van der Waals surface area contributed by atoms with Crippen molar-refractivity contribution in [1.82, 2.24) is 0 Å². The summed E-state index contributed by atoms with van der Waals surface area (Å²) in [5, 5.41) is 6.23. The average molecular weight is 433 g/mol. The Labute approximate surface area is 178 Å². The molecule has 3 rings (SSSR count). The summed E-state index contributed by atoms with van der Waals surface area (Å²) < 4.78 is 5.23. The highest BCUT2D eigenvalue weighted by Crippen LogP contribution is 2.38. The maximum absolute atomic E-state index is 12.5. The number of ether oxygens (including phenoxy) is 1. The molecule has 0 radical (unpaired) electrons. The number of rotatable bonds is 7. The van der Waals surface area contributed by atoms with E-state index in [4.69, 9.17) is 4.74 Å². The minimum atomic E-state index is -0.363. The first-order valence-electron chi connectivity index (χ1n) is 9.60. The summed E-state index contributed by atoms with van der Waals surface area (Å²) in [5.74, 6) is -0.478. The quantitative estimate of drug-likeness (QED) is 0.497. The maximum atomic E-state index is 12.5. The van der Waals surface area contributed by atoms with Crippen LogP contribution < -0.4 is 10.6 Å². The van der Waals surface area contributed by atoms with Crippen molar-refractivity contribution in [2.45, 2.75) is 44.4 Å². The molecular formula is C21H24N2O4S2. The van der Waals surface area contributed by atoms with Gasteiger partial charge < -0.3 is 15.4 Å². The average Bonchev–Trinajstić information content (AvgIpc) is 3.04. The van der Waals surface area contributed by atoms with Crippen LogP contribution in [0.2, 0.25) is 0 Å². The second-order valence-corrected chi connectivity index (χ2v) is 8.84. The summed E-state index contributed by atoms with van der Waals surface area (Å²) in [6.45, 7) is 3.53. The fraction of sp³-hybridized carbons (Fsp3) is 0.381. The van der Waals surface area contributed by atoms with Gasteiger partial charge in [-0.2, -0.15) is 0 Å². The van der Waals surface area contributed by atoms with Gasteiger partial charge in [-0.15, -0.1) is 23.1 Å². The summed E-state index contributed by atoms with van der Waals surface area (Å²) in [7, 11) is 0. The van der Waals surface area contributed by atoms with Crippen LogP contribution in [0.5, 0.6) is 0 Å². The number of amides is 2. The first-order chi connectivity index (χ1) is 14.0. The van der Waals surface area contributed by atoms with Crippen molar-refractivity contribution in [3.8, 4) is 0 Å². The van der Waals surface area contributed by atoms with Crippen molar-refractivity contribution in [3.05, 3.63) is 40.3 Å². The number of thiophene rings is 1. The van der Waals surface area contributed by atoms with Crippen molar-refractivity contribution < 1.29 is 19.1 Å². The van der Waals surface area contributed by atoms with E-state index in [9.17, 15) is 14.4 Å². The molecule has 0 aliphatic heterocycles. The third-order valence-corrected chi connectivity index (χ3v) is 6.63. The predicted octanol–water partition coefficient (Wildman–Crippen LogP) is 4.49. The molecule has 0 bridgehead atoms. The molecule has 8 heteroatoms. The molecule has 1 heterocycles. The summed E-state index contributed by atoms with van der Waals surface area (Å²) in [5.41, 5.74) is 2.25. The lowest BCUT2D eigenvalue weighted by Gasteiger charge is -2.12. The molecule has 1 aromatic carbocycles. The zero-order valence-electron chi connectivity index (χ0n) is 16.5. The van der Waals surface area contributed by atoms with E-state index in [0.29, 0.717) is 22.9 Å². The van der Waals surface area contributed by atoms with Crippen LogP contribution in [0.4, 0.5) is 10.7 Å². The van der Waals surface area contributed by atoms with E-state index >= 15 is 0 Å². The third kappa shape index (κ3) is 5.61. The number of fused-ring (bicyclic) bond motifs is 1. The Morgan fingerprint density at radius 2 is 1.97 bits per heavy atom. The highest BCUT2D eigenvalue weighted by atomic mass is 32.2. The van der Waals surface area contributed by atoms with Crippen LogP contribution >= 0.6 is 23.1 Å². The van der Waals surface area contributed by atoms with E-state index in [1.165, 1.54) is 34.9 Å². The standard InChI is InChI=1S/C21H24N2O4S2/c1-3-27-21(26)19-16-9-4-5-10-17(16)29-20(19)23-18(25)12-28-15-8-6-7-14(11-15)22-13(2)24/h6-8,11H,3-5,9-10,12H2,1-2H3,(H,22,24)(H,23,25). The molecule has 0 fully saturated rings. The molecule has 0 atom stereocenters. The Morgan fingerprint density at radius 1 is 1.17 bits per heavy atom. The number of esters is 1. The predicted molar refractivity (Wildman–Crippen MR) is 117 cm³/mol. The van der Waals surface area contributed by atoms with Gasteiger partial charge in [0.25, 0.3) is 0 Å². The molecule has 2 amide bonds. The minimum absolute atomic E-state index is 0.141. The zero-order valence-corrected chi connectivity index (χ0v) is 18.1. The second-order valence-electron chi connectivity index (χ2n) is 6.68. The van der Waals surface area contributed by atoms with E-state index in [1.807, 2.05) is 18.2 Å². The van der Waals surface area contributed by atoms with Crippen LogP contribution in [0.15, 0.2) is 29.2 Å². The molecule has 2 aromatic rings. The number of hydrogen-bond acceptors (Lipinski definition) is 6. The Hall–Kier alpha value is -2.32. The summed E-state index contributed by atoms with van der Waals surface area (Å²) in [4.78, 5) is 38.3. The topological polar surface area (TPSA) is 84.5 Å². The number of nitrogens with one attached hydrogen (secondary N) is 2. The summed E-state index contributed by atoms with van der Waals surface area (Å²) in [6.07, 6.45) is 3.93. The number of thioether (sulfide) groups is 1. The first kappa shape index (κ1) is 21.4. The van der Waals surface area contributed by atoms with Gasteiger partial charge >= 0.3 is 5.97 Å². The number of aryl methyl sites for hydroxylation is 1. The van der Waals surface area contributed by atoms with Gasteiger partial charge in [0.2, 0.25) is 11.8 Å². The van der Waals surface area contributed by atoms with E-state index < -0.39 is 0 Å². The smallest absolute Gasteiger partial charge is 0.341 e. The normalized spacial score (nSPS) is 12.8. The molecule has 0 spiro atoms. The Balaban J connectivity index is 1.68. The lowest BCUT2D eigenvalue weighted by Crippen LogP contribution is -2.17. The molecule has 0 saturated carbocycles. The van der Waals surface area contributed by atoms with Crippen molar-refractivity contribution in [1.29, 1.82) is 0 Å². The fourth-order valence-corrected chi connectivity index (χ4v) is 5.30. The van der Waals surface area contributed by atoms with Gasteiger partial charge in [-0.05, 0) is 56.4 Å². The Kier molecular flexibility index (Phi) is 7.33. The van der Waals surface area contributed by atoms with E-state index in [-0.39, 0.29) is 23.5 Å². The van der Waals surface area contributed by atoms with Crippen LogP contribution in [0.3, 0.4) is 0 Å². The number of carbonyl (C=O) groups is 3. The maximum Gasteiger partial charge on any atom is 0.341 e. The largest absolute Gasteiger partial charge is 0.462 e. The fourth-order valence-electron chi connectivity index (χ4n) is 3.25. The lowest BCUT2D eigenvalue weighted by atomic mass is 9.95. The third-order valence-electron chi connectivity index (χ3n) is 4.43. The highest BCUT2D eigenvalue weighted by Gasteiger charge is 2.27. The minimum Gasteiger partial charge on any atom is -0.462 e. The van der Waals surface area contributed by atoms with Crippen LogP contribution in [-0.2, 0) is 27.2 Å². The SMILES string of the molecule is CCOC(=O)c1c(NC(=O)CSc2cccc(NC(C)=O)c2)sc2c1CCCC2. The van der Waals surface area contributed by atoms with Crippen LogP contribution in [0, 0.1) is 0 Å². The van der Waals surface area contributed by atoms with E-state index in [0.717, 1.165) is 36.1 Å². The van der Waals surface area contributed by atoms with Crippen LogP contribution in [0.25, 0.3) is 0 Å². The molecule has 29 heavy (non-hydrogen) atoms. The van der Waals surface area contributed by atoms with Crippen molar-refractivity contribution >= 4 is 51.6 Å².